The van der Waals surface area contributed by atoms with Crippen molar-refractivity contribution in [3.8, 4) is 6.07 Å². The standard InChI is InChI=1S/C14H15N3OS/c1-9-6-11(4-5-18-9)17-13-7-10(8-15)2-3-12(13)16-14(17)19/h2-3,7,9,11H,4-6H2,1H3,(H,16,19). The predicted molar refractivity (Wildman–Crippen MR) is 75.5 cm³/mol. The highest BCUT2D eigenvalue weighted by molar-refractivity contribution is 7.71. The molecule has 1 aromatic heterocycles. The van der Waals surface area contributed by atoms with Crippen molar-refractivity contribution in [3.63, 3.8) is 0 Å². The number of nitriles is 1. The minimum atomic E-state index is 0.254. The Bertz CT molecular complexity index is 710. The lowest BCUT2D eigenvalue weighted by atomic mass is 10.0. The van der Waals surface area contributed by atoms with E-state index < -0.39 is 0 Å². The Balaban J connectivity index is 2.14. The van der Waals surface area contributed by atoms with E-state index in [9.17, 15) is 0 Å². The Morgan fingerprint density at radius 1 is 1.53 bits per heavy atom. The minimum Gasteiger partial charge on any atom is -0.378 e. The number of imidazole rings is 1. The maximum absolute atomic E-state index is 9.03. The summed E-state index contributed by atoms with van der Waals surface area (Å²) in [5, 5.41) is 9.03. The summed E-state index contributed by atoms with van der Waals surface area (Å²) in [6.07, 6.45) is 2.17. The van der Waals surface area contributed by atoms with Crippen molar-refractivity contribution in [3.05, 3.63) is 28.5 Å². The summed E-state index contributed by atoms with van der Waals surface area (Å²) in [5.74, 6) is 0. The van der Waals surface area contributed by atoms with Crippen LogP contribution in [-0.4, -0.2) is 22.3 Å². The SMILES string of the molecule is CC1CC(n2c(=S)[nH]c3ccc(C#N)cc32)CCO1. The number of rotatable bonds is 1. The van der Waals surface area contributed by atoms with Gasteiger partial charge in [0.25, 0.3) is 0 Å². The molecule has 2 heterocycles. The molecule has 1 N–H and O–H groups in total. The number of nitrogens with one attached hydrogen (secondary N) is 1. The van der Waals surface area contributed by atoms with Crippen molar-refractivity contribution in [2.75, 3.05) is 6.61 Å². The number of hydrogen-bond donors (Lipinski definition) is 1. The molecule has 2 unspecified atom stereocenters. The molecule has 0 spiro atoms. The number of benzene rings is 1. The van der Waals surface area contributed by atoms with E-state index in [2.05, 4.69) is 22.5 Å². The lowest BCUT2D eigenvalue weighted by Gasteiger charge is -2.28. The Hall–Kier alpha value is -1.64. The molecule has 98 valence electrons. The van der Waals surface area contributed by atoms with Crippen LogP contribution >= 0.6 is 12.2 Å². The van der Waals surface area contributed by atoms with Crippen LogP contribution in [-0.2, 0) is 4.74 Å². The highest BCUT2D eigenvalue weighted by atomic mass is 32.1. The smallest absolute Gasteiger partial charge is 0.178 e. The van der Waals surface area contributed by atoms with E-state index in [0.29, 0.717) is 11.6 Å². The molecule has 0 aliphatic carbocycles. The summed E-state index contributed by atoms with van der Waals surface area (Å²) in [4.78, 5) is 3.22. The molecule has 1 aliphatic heterocycles. The molecule has 3 rings (SSSR count). The highest BCUT2D eigenvalue weighted by Crippen LogP contribution is 2.29. The van der Waals surface area contributed by atoms with E-state index >= 15 is 0 Å². The zero-order valence-corrected chi connectivity index (χ0v) is 11.5. The molecule has 2 aromatic rings. The largest absolute Gasteiger partial charge is 0.378 e. The van der Waals surface area contributed by atoms with Gasteiger partial charge in [0.05, 0.1) is 28.8 Å². The fraction of sp³-hybridized carbons (Fsp3) is 0.429. The summed E-state index contributed by atoms with van der Waals surface area (Å²) in [5.41, 5.74) is 2.67. The van der Waals surface area contributed by atoms with Crippen LogP contribution in [0.15, 0.2) is 18.2 Å². The topological polar surface area (TPSA) is 53.7 Å². The van der Waals surface area contributed by atoms with Crippen molar-refractivity contribution >= 4 is 23.3 Å². The number of fused-ring (bicyclic) bond motifs is 1. The molecule has 4 nitrogen and oxygen atoms in total. The average Bonchev–Trinajstić information content (AvgIpc) is 2.73. The van der Waals surface area contributed by atoms with E-state index in [4.69, 9.17) is 22.2 Å². The quantitative estimate of drug-likeness (QED) is 0.811. The van der Waals surface area contributed by atoms with Gasteiger partial charge in [0.1, 0.15) is 0 Å². The van der Waals surface area contributed by atoms with Crippen molar-refractivity contribution in [2.24, 2.45) is 0 Å². The third kappa shape index (κ3) is 2.18. The van der Waals surface area contributed by atoms with Crippen LogP contribution in [0, 0.1) is 16.1 Å². The second-order valence-corrected chi connectivity index (χ2v) is 5.39. The number of hydrogen-bond acceptors (Lipinski definition) is 3. The van der Waals surface area contributed by atoms with E-state index in [-0.39, 0.29) is 6.10 Å². The minimum absolute atomic E-state index is 0.254. The summed E-state index contributed by atoms with van der Waals surface area (Å²) in [6, 6.07) is 8.16. The first-order chi connectivity index (χ1) is 9.19. The lowest BCUT2D eigenvalue weighted by Crippen LogP contribution is -2.25. The average molecular weight is 273 g/mol. The molecule has 5 heteroatoms. The molecule has 0 bridgehead atoms. The second kappa shape index (κ2) is 4.80. The van der Waals surface area contributed by atoms with E-state index in [1.165, 1.54) is 0 Å². The Morgan fingerprint density at radius 3 is 3.11 bits per heavy atom. The third-order valence-corrected chi connectivity index (χ3v) is 3.97. The molecule has 1 aliphatic rings. The highest BCUT2D eigenvalue weighted by Gasteiger charge is 2.23. The van der Waals surface area contributed by atoms with Crippen LogP contribution in [0.3, 0.4) is 0 Å². The van der Waals surface area contributed by atoms with Crippen molar-refractivity contribution < 1.29 is 4.74 Å². The molecule has 0 radical (unpaired) electrons. The first-order valence-electron chi connectivity index (χ1n) is 6.45. The van der Waals surface area contributed by atoms with Crippen LogP contribution in [0.2, 0.25) is 0 Å². The van der Waals surface area contributed by atoms with E-state index in [1.807, 2.05) is 18.2 Å². The monoisotopic (exact) mass is 273 g/mol. The van der Waals surface area contributed by atoms with Gasteiger partial charge in [0, 0.05) is 12.6 Å². The fourth-order valence-corrected chi connectivity index (χ4v) is 3.12. The maximum atomic E-state index is 9.03. The van der Waals surface area contributed by atoms with Gasteiger partial charge in [-0.15, -0.1) is 0 Å². The second-order valence-electron chi connectivity index (χ2n) is 5.00. The van der Waals surface area contributed by atoms with Crippen LogP contribution in [0.5, 0.6) is 0 Å². The van der Waals surface area contributed by atoms with Crippen molar-refractivity contribution in [1.82, 2.24) is 9.55 Å². The molecule has 1 saturated heterocycles. The molecule has 0 saturated carbocycles. The van der Waals surface area contributed by atoms with Crippen molar-refractivity contribution in [1.29, 1.82) is 5.26 Å². The fourth-order valence-electron chi connectivity index (χ4n) is 2.76. The predicted octanol–water partition coefficient (Wildman–Crippen LogP) is 3.31. The van der Waals surface area contributed by atoms with Gasteiger partial charge in [-0.2, -0.15) is 5.26 Å². The van der Waals surface area contributed by atoms with Gasteiger partial charge >= 0.3 is 0 Å². The van der Waals surface area contributed by atoms with Gasteiger partial charge in [-0.1, -0.05) is 0 Å². The van der Waals surface area contributed by atoms with Gasteiger partial charge < -0.3 is 14.3 Å². The summed E-state index contributed by atoms with van der Waals surface area (Å²) >= 11 is 5.44. The van der Waals surface area contributed by atoms with Crippen molar-refractivity contribution in [2.45, 2.75) is 31.9 Å². The molecular weight excluding hydrogens is 258 g/mol. The van der Waals surface area contributed by atoms with E-state index in [0.717, 1.165) is 35.3 Å². The molecular formula is C14H15N3OS. The summed E-state index contributed by atoms with van der Waals surface area (Å²) < 4.78 is 8.46. The molecule has 1 aromatic carbocycles. The number of ether oxygens (including phenoxy) is 1. The number of nitrogens with zero attached hydrogens (tertiary/aromatic N) is 2. The van der Waals surface area contributed by atoms with E-state index in [1.54, 1.807) is 0 Å². The Labute approximate surface area is 116 Å². The third-order valence-electron chi connectivity index (χ3n) is 3.67. The Morgan fingerprint density at radius 2 is 2.37 bits per heavy atom. The van der Waals surface area contributed by atoms with Crippen LogP contribution in [0.1, 0.15) is 31.4 Å². The first kappa shape index (κ1) is 12.4. The van der Waals surface area contributed by atoms with Crippen LogP contribution in [0.4, 0.5) is 0 Å². The van der Waals surface area contributed by atoms with Gasteiger partial charge in [-0.05, 0) is 50.2 Å². The number of H-pyrrole nitrogens is 1. The molecule has 2 atom stereocenters. The van der Waals surface area contributed by atoms with Gasteiger partial charge in [0.15, 0.2) is 4.77 Å². The molecule has 0 amide bonds. The Kier molecular flexibility index (Phi) is 3.13. The van der Waals surface area contributed by atoms with Gasteiger partial charge in [0.2, 0.25) is 0 Å². The van der Waals surface area contributed by atoms with Gasteiger partial charge in [-0.25, -0.2) is 0 Å². The zero-order valence-electron chi connectivity index (χ0n) is 10.7. The molecule has 1 fully saturated rings. The number of aromatic nitrogens is 2. The maximum Gasteiger partial charge on any atom is 0.178 e. The first-order valence-corrected chi connectivity index (χ1v) is 6.86. The summed E-state index contributed by atoms with van der Waals surface area (Å²) in [7, 11) is 0. The zero-order chi connectivity index (χ0) is 13.4. The lowest BCUT2D eigenvalue weighted by molar-refractivity contribution is 0.00647. The van der Waals surface area contributed by atoms with Crippen LogP contribution in [0.25, 0.3) is 11.0 Å². The van der Waals surface area contributed by atoms with Crippen LogP contribution < -0.4 is 0 Å². The number of aromatic amines is 1. The summed E-state index contributed by atoms with van der Waals surface area (Å²) in [6.45, 7) is 2.85. The molecule has 19 heavy (non-hydrogen) atoms. The normalized spacial score (nSPS) is 23.4. The van der Waals surface area contributed by atoms with Gasteiger partial charge in [-0.3, -0.25) is 0 Å².